The van der Waals surface area contributed by atoms with Gasteiger partial charge in [-0.3, -0.25) is 9.80 Å². The summed E-state index contributed by atoms with van der Waals surface area (Å²) in [6, 6.07) is 9.00. The molecule has 170 valence electrons. The molecular formula is C23H24Cl3N3O3. The normalized spacial score (nSPS) is 25.7. The van der Waals surface area contributed by atoms with Gasteiger partial charge in [-0.1, -0.05) is 34.8 Å². The zero-order valence-electron chi connectivity index (χ0n) is 17.6. The van der Waals surface area contributed by atoms with Crippen molar-refractivity contribution in [2.45, 2.75) is 31.1 Å². The zero-order valence-corrected chi connectivity index (χ0v) is 19.9. The van der Waals surface area contributed by atoms with Gasteiger partial charge in [-0.05, 0) is 42.7 Å². The largest absolute Gasteiger partial charge is 0.484 e. The molecule has 2 saturated heterocycles. The average molecular weight is 497 g/mol. The molecule has 1 unspecified atom stereocenters. The molecule has 2 aromatic carbocycles. The molecule has 2 aromatic rings. The molecule has 0 radical (unpaired) electrons. The molecule has 9 heteroatoms. The van der Waals surface area contributed by atoms with Crippen LogP contribution in [0.5, 0.6) is 5.75 Å². The van der Waals surface area contributed by atoms with Crippen molar-refractivity contribution in [2.75, 3.05) is 38.1 Å². The number of carbonyl (C=O) groups excluding carboxylic acids is 1. The fraction of sp³-hybridized carbons (Fsp3) is 0.435. The molecule has 0 spiro atoms. The van der Waals surface area contributed by atoms with Crippen molar-refractivity contribution in [3.05, 3.63) is 56.5 Å². The van der Waals surface area contributed by atoms with E-state index in [4.69, 9.17) is 39.5 Å². The number of benzene rings is 2. The van der Waals surface area contributed by atoms with Gasteiger partial charge < -0.3 is 14.7 Å². The van der Waals surface area contributed by atoms with E-state index < -0.39 is 0 Å². The van der Waals surface area contributed by atoms with Crippen LogP contribution >= 0.6 is 34.8 Å². The highest BCUT2D eigenvalue weighted by atomic mass is 35.5. The van der Waals surface area contributed by atoms with Crippen LogP contribution in [-0.2, 0) is 6.42 Å². The van der Waals surface area contributed by atoms with E-state index in [0.29, 0.717) is 46.1 Å². The molecule has 2 fully saturated rings. The smallest absolute Gasteiger partial charge is 0.324 e. The van der Waals surface area contributed by atoms with E-state index in [1.54, 1.807) is 29.0 Å². The fourth-order valence-electron chi connectivity index (χ4n) is 4.94. The number of urea groups is 1. The van der Waals surface area contributed by atoms with Crippen molar-refractivity contribution in [2.24, 2.45) is 0 Å². The highest BCUT2D eigenvalue weighted by Gasteiger charge is 2.42. The summed E-state index contributed by atoms with van der Waals surface area (Å²) in [6.45, 7) is 2.62. The third-order valence-electron chi connectivity index (χ3n) is 6.62. The van der Waals surface area contributed by atoms with Gasteiger partial charge in [0.05, 0.1) is 22.9 Å². The van der Waals surface area contributed by atoms with Crippen LogP contribution in [-0.4, -0.2) is 66.3 Å². The Labute approximate surface area is 202 Å². The lowest BCUT2D eigenvalue weighted by Crippen LogP contribution is -2.39. The fourth-order valence-corrected chi connectivity index (χ4v) is 5.74. The van der Waals surface area contributed by atoms with Gasteiger partial charge in [0.2, 0.25) is 0 Å². The van der Waals surface area contributed by atoms with E-state index in [9.17, 15) is 9.90 Å². The van der Waals surface area contributed by atoms with Crippen LogP contribution in [0.25, 0.3) is 0 Å². The van der Waals surface area contributed by atoms with Crippen LogP contribution in [0, 0.1) is 0 Å². The third kappa shape index (κ3) is 3.93. The molecule has 0 aromatic heterocycles. The lowest BCUT2D eigenvalue weighted by atomic mass is 10.1. The Kier molecular flexibility index (Phi) is 5.93. The second-order valence-electron chi connectivity index (χ2n) is 8.67. The number of amides is 2. The Hall–Kier alpha value is -1.70. The number of β-amino-alcohol motifs (C(OH)–C–C–N with tert-alkyl or cyclic N) is 1. The Balaban J connectivity index is 1.49. The monoisotopic (exact) mass is 495 g/mol. The number of hydrogen-bond acceptors (Lipinski definition) is 4. The minimum atomic E-state index is -0.335. The zero-order chi connectivity index (χ0) is 22.6. The molecule has 3 atom stereocenters. The Morgan fingerprint density at radius 3 is 2.56 bits per heavy atom. The summed E-state index contributed by atoms with van der Waals surface area (Å²) in [5.74, 6) is 0.616. The maximum Gasteiger partial charge on any atom is 0.324 e. The van der Waals surface area contributed by atoms with Crippen LogP contribution in [0.1, 0.15) is 23.7 Å². The molecule has 32 heavy (non-hydrogen) atoms. The van der Waals surface area contributed by atoms with Crippen molar-refractivity contribution in [1.29, 1.82) is 0 Å². The lowest BCUT2D eigenvalue weighted by molar-refractivity contribution is 0.0819. The molecule has 5 rings (SSSR count). The number of anilines is 1. The molecule has 2 aliphatic heterocycles. The molecule has 3 aliphatic rings. The third-order valence-corrected chi connectivity index (χ3v) is 7.49. The predicted molar refractivity (Wildman–Crippen MR) is 126 cm³/mol. The summed E-state index contributed by atoms with van der Waals surface area (Å²) < 4.78 is 6.54. The summed E-state index contributed by atoms with van der Waals surface area (Å²) in [6.07, 6.45) is 0.818. The minimum absolute atomic E-state index is 0.0248. The first kappa shape index (κ1) is 22.1. The van der Waals surface area contributed by atoms with Crippen molar-refractivity contribution < 1.29 is 14.6 Å². The van der Waals surface area contributed by atoms with Crippen LogP contribution in [0.4, 0.5) is 10.5 Å². The molecule has 2 heterocycles. The van der Waals surface area contributed by atoms with Gasteiger partial charge in [-0.15, -0.1) is 0 Å². The molecule has 1 N–H and O–H groups in total. The summed E-state index contributed by atoms with van der Waals surface area (Å²) >= 11 is 19.3. The maximum absolute atomic E-state index is 12.5. The highest BCUT2D eigenvalue weighted by Crippen LogP contribution is 2.44. The predicted octanol–water partition coefficient (Wildman–Crippen LogP) is 4.63. The number of aliphatic hydroxyl groups is 1. The van der Waals surface area contributed by atoms with Crippen molar-refractivity contribution >= 4 is 46.5 Å². The van der Waals surface area contributed by atoms with E-state index in [1.165, 1.54) is 0 Å². The Morgan fingerprint density at radius 1 is 1.06 bits per heavy atom. The summed E-state index contributed by atoms with van der Waals surface area (Å²) in [5.41, 5.74) is 2.62. The Bertz CT molecular complexity index is 1070. The standard InChI is InChI=1S/C23H24Cl3N3O3/c1-27-6-7-29(23(27)31)20-10-15(2-3-18(20)25)32-22-17-8-13(24)9-19(26)16(17)11-21(22)28-5-4-14(30)12-28/h2-3,8-10,14,21-22,30H,4-7,11-12H2,1H3/t14?,21-,22-/m0/s1. The number of aliphatic hydroxyl groups excluding tert-OH is 1. The number of nitrogens with zero attached hydrogens (tertiary/aromatic N) is 3. The number of halogens is 3. The topological polar surface area (TPSA) is 56.3 Å². The molecule has 0 bridgehead atoms. The molecule has 6 nitrogen and oxygen atoms in total. The van der Waals surface area contributed by atoms with Gasteiger partial charge in [0.1, 0.15) is 11.9 Å². The minimum Gasteiger partial charge on any atom is -0.484 e. The second kappa shape index (κ2) is 8.58. The molecule has 1 aliphatic carbocycles. The Morgan fingerprint density at radius 2 is 1.88 bits per heavy atom. The molecule has 2 amide bonds. The first-order valence-corrected chi connectivity index (χ1v) is 11.8. The van der Waals surface area contributed by atoms with Gasteiger partial charge in [0, 0.05) is 54.9 Å². The first-order chi connectivity index (χ1) is 15.3. The van der Waals surface area contributed by atoms with E-state index in [0.717, 1.165) is 30.5 Å². The van der Waals surface area contributed by atoms with Gasteiger partial charge in [-0.2, -0.15) is 0 Å². The van der Waals surface area contributed by atoms with Crippen molar-refractivity contribution in [3.8, 4) is 5.75 Å². The number of hydrogen-bond donors (Lipinski definition) is 1. The number of fused-ring (bicyclic) bond motifs is 1. The highest BCUT2D eigenvalue weighted by molar-refractivity contribution is 6.35. The average Bonchev–Trinajstić information content (AvgIpc) is 3.42. The van der Waals surface area contributed by atoms with Gasteiger partial charge in [-0.25, -0.2) is 4.79 Å². The van der Waals surface area contributed by atoms with E-state index in [1.807, 2.05) is 18.2 Å². The lowest BCUT2D eigenvalue weighted by Gasteiger charge is -2.30. The molecular weight excluding hydrogens is 473 g/mol. The number of likely N-dealkylation sites (N-methyl/N-ethyl adjacent to an activating group) is 1. The molecule has 0 saturated carbocycles. The SMILES string of the molecule is CN1CCN(c2cc(O[C@H]3c4cc(Cl)cc(Cl)c4C[C@@H]3N3CCC(O)C3)ccc2Cl)C1=O. The van der Waals surface area contributed by atoms with E-state index in [2.05, 4.69) is 4.90 Å². The first-order valence-electron chi connectivity index (χ1n) is 10.7. The quantitative estimate of drug-likeness (QED) is 0.670. The number of likely N-dealkylation sites (tertiary alicyclic amines) is 1. The van der Waals surface area contributed by atoms with Gasteiger partial charge >= 0.3 is 6.03 Å². The van der Waals surface area contributed by atoms with Crippen molar-refractivity contribution in [1.82, 2.24) is 9.80 Å². The van der Waals surface area contributed by atoms with E-state index >= 15 is 0 Å². The second-order valence-corrected chi connectivity index (χ2v) is 9.92. The number of carbonyl (C=O) groups is 1. The van der Waals surface area contributed by atoms with Crippen LogP contribution in [0.3, 0.4) is 0 Å². The van der Waals surface area contributed by atoms with Crippen molar-refractivity contribution in [3.63, 3.8) is 0 Å². The summed E-state index contributed by atoms with van der Waals surface area (Å²) in [4.78, 5) is 18.1. The van der Waals surface area contributed by atoms with E-state index in [-0.39, 0.29) is 24.3 Å². The number of rotatable bonds is 4. The van der Waals surface area contributed by atoms with Gasteiger partial charge in [0.15, 0.2) is 0 Å². The van der Waals surface area contributed by atoms with Crippen LogP contribution < -0.4 is 9.64 Å². The maximum atomic E-state index is 12.5. The summed E-state index contributed by atoms with van der Waals surface area (Å²) in [5, 5.41) is 11.8. The van der Waals surface area contributed by atoms with Crippen LogP contribution in [0.15, 0.2) is 30.3 Å². The number of ether oxygens (including phenoxy) is 1. The van der Waals surface area contributed by atoms with Gasteiger partial charge in [0.25, 0.3) is 0 Å². The van der Waals surface area contributed by atoms with Crippen LogP contribution in [0.2, 0.25) is 15.1 Å². The summed E-state index contributed by atoms with van der Waals surface area (Å²) in [7, 11) is 1.77.